The third-order valence-electron chi connectivity index (χ3n) is 11.6. The molecule has 2 fully saturated rings. The third kappa shape index (κ3) is 8.33. The number of para-hydroxylation sites is 1. The molecule has 8 rings (SSSR count). The van der Waals surface area contributed by atoms with Crippen LogP contribution in [0.15, 0.2) is 91.0 Å². The van der Waals surface area contributed by atoms with Gasteiger partial charge in [0.15, 0.2) is 6.23 Å². The van der Waals surface area contributed by atoms with Crippen LogP contribution < -0.4 is 24.0 Å². The Labute approximate surface area is 351 Å². The molecule has 4 aromatic carbocycles. The maximum absolute atomic E-state index is 13.4. The number of carbonyl (C=O) groups excluding carboxylic acids is 4. The summed E-state index contributed by atoms with van der Waals surface area (Å²) in [5.41, 5.74) is -0.209. The van der Waals surface area contributed by atoms with Gasteiger partial charge in [-0.2, -0.15) is 26.3 Å². The van der Waals surface area contributed by atoms with Gasteiger partial charge < -0.3 is 33.8 Å². The zero-order chi connectivity index (χ0) is 44.8. The lowest BCUT2D eigenvalue weighted by Gasteiger charge is -2.35. The summed E-state index contributed by atoms with van der Waals surface area (Å²) in [5.74, 6) is -3.05. The number of carbonyl (C=O) groups is 4. The van der Waals surface area contributed by atoms with Crippen molar-refractivity contribution in [3.8, 4) is 23.0 Å². The molecule has 328 valence electrons. The van der Waals surface area contributed by atoms with E-state index in [0.29, 0.717) is 66.7 Å². The van der Waals surface area contributed by atoms with E-state index in [-0.39, 0.29) is 42.8 Å². The van der Waals surface area contributed by atoms with Crippen molar-refractivity contribution >= 4 is 35.0 Å². The number of likely N-dealkylation sites (tertiary alicyclic amines) is 2. The van der Waals surface area contributed by atoms with Gasteiger partial charge in [0.2, 0.25) is 11.8 Å². The summed E-state index contributed by atoms with van der Waals surface area (Å²) in [6.45, 7) is 5.67. The highest BCUT2D eigenvalue weighted by Crippen LogP contribution is 2.52. The first-order valence-electron chi connectivity index (χ1n) is 19.6. The second-order valence-electron chi connectivity index (χ2n) is 15.5. The van der Waals surface area contributed by atoms with E-state index in [4.69, 9.17) is 14.2 Å². The van der Waals surface area contributed by atoms with Crippen LogP contribution in [0.1, 0.15) is 44.7 Å². The number of fused-ring (bicyclic) bond motifs is 4. The fraction of sp³-hybridized carbons (Fsp3) is 0.364. The van der Waals surface area contributed by atoms with E-state index in [0.717, 1.165) is 9.80 Å². The largest absolute Gasteiger partial charge is 0.494 e. The van der Waals surface area contributed by atoms with Crippen molar-refractivity contribution in [2.75, 3.05) is 49.1 Å². The third-order valence-corrected chi connectivity index (χ3v) is 11.6. The summed E-state index contributed by atoms with van der Waals surface area (Å²) in [5, 5.41) is 0. The summed E-state index contributed by atoms with van der Waals surface area (Å²) in [6.07, 6.45) is -10.2. The van der Waals surface area contributed by atoms with Gasteiger partial charge in [-0.3, -0.25) is 19.2 Å². The minimum absolute atomic E-state index is 0.0833. The number of alkyl halides is 6. The molecular formula is C44H41F7N4O7. The molecule has 0 radical (unpaired) electrons. The van der Waals surface area contributed by atoms with Crippen molar-refractivity contribution in [2.45, 2.75) is 63.0 Å². The number of benzene rings is 4. The Balaban J connectivity index is 0.000000201. The topological polar surface area (TPSA) is 109 Å². The second-order valence-corrected chi connectivity index (χ2v) is 15.5. The van der Waals surface area contributed by atoms with Gasteiger partial charge in [-0.05, 0) is 91.6 Å². The molecule has 4 amide bonds. The van der Waals surface area contributed by atoms with Crippen LogP contribution in [-0.4, -0.2) is 91.3 Å². The smallest absolute Gasteiger partial charge is 0.471 e. The molecule has 0 aromatic heterocycles. The van der Waals surface area contributed by atoms with Crippen LogP contribution in [0.4, 0.5) is 42.1 Å². The van der Waals surface area contributed by atoms with Gasteiger partial charge >= 0.3 is 24.2 Å². The molecule has 4 heterocycles. The van der Waals surface area contributed by atoms with Gasteiger partial charge in [-0.15, -0.1) is 0 Å². The molecule has 2 spiro atoms. The molecule has 3 atom stereocenters. The maximum atomic E-state index is 13.4. The number of ether oxygens (including phenoxy) is 3. The summed E-state index contributed by atoms with van der Waals surface area (Å²) in [7, 11) is 0. The van der Waals surface area contributed by atoms with Gasteiger partial charge in [0.25, 0.3) is 0 Å². The summed E-state index contributed by atoms with van der Waals surface area (Å²) >= 11 is 0. The van der Waals surface area contributed by atoms with Crippen molar-refractivity contribution in [1.82, 2.24) is 9.80 Å². The first kappa shape index (κ1) is 43.7. The SMILES string of the molecule is CC(=O)N1CCC2(CN(C(=O)C(F)(F)F)c3ccccc32)C1Oc1cccc(Oc2ccc(F)cc2)c1.CCOc1ccc2c(c1)C1(CCN(C(C)=O)C1)CN2C(=O)C(F)(F)F. The van der Waals surface area contributed by atoms with Crippen LogP contribution in [0.3, 0.4) is 0 Å². The van der Waals surface area contributed by atoms with Crippen molar-refractivity contribution < 1.29 is 64.1 Å². The molecule has 11 nitrogen and oxygen atoms in total. The number of amides is 4. The van der Waals surface area contributed by atoms with Gasteiger partial charge in [0, 0.05) is 69.4 Å². The first-order chi connectivity index (χ1) is 29.3. The highest BCUT2D eigenvalue weighted by atomic mass is 19.4. The van der Waals surface area contributed by atoms with Crippen LogP contribution >= 0.6 is 0 Å². The number of hydrogen-bond acceptors (Lipinski definition) is 7. The zero-order valence-corrected chi connectivity index (χ0v) is 33.7. The Kier molecular flexibility index (Phi) is 11.6. The lowest BCUT2D eigenvalue weighted by molar-refractivity contribution is -0.170. The van der Waals surface area contributed by atoms with Crippen molar-refractivity contribution in [1.29, 1.82) is 0 Å². The zero-order valence-electron chi connectivity index (χ0n) is 33.7. The second kappa shape index (κ2) is 16.5. The molecule has 62 heavy (non-hydrogen) atoms. The van der Waals surface area contributed by atoms with E-state index in [2.05, 4.69) is 0 Å². The van der Waals surface area contributed by atoms with E-state index in [1.165, 1.54) is 55.1 Å². The van der Waals surface area contributed by atoms with Crippen molar-refractivity contribution in [3.63, 3.8) is 0 Å². The standard InChI is InChI=1S/C27H22F4N2O4.C17H19F3N2O3/c1-17(34)32-14-13-26(16-33(24(35)27(29,30)31)23-8-3-2-7-22(23)26)25(32)37-21-6-4-5-20(15-21)36-19-11-9-18(28)10-12-19;1-3-25-12-4-5-14-13(8-12)16(6-7-21(9-16)11(2)23)10-22(14)15(24)17(18,19)20/h2-12,15,25H,13-14,16H2,1H3;4-5,8H,3,6-7,9-10H2,1-2H3. The lowest BCUT2D eigenvalue weighted by Crippen LogP contribution is -2.52. The Hall–Kier alpha value is -6.33. The first-order valence-corrected chi connectivity index (χ1v) is 19.6. The number of hydrogen-bond donors (Lipinski definition) is 0. The molecule has 3 unspecified atom stereocenters. The molecule has 0 aliphatic carbocycles. The lowest BCUT2D eigenvalue weighted by atomic mass is 9.80. The van der Waals surface area contributed by atoms with E-state index in [9.17, 15) is 49.9 Å². The Morgan fingerprint density at radius 3 is 1.92 bits per heavy atom. The molecule has 0 bridgehead atoms. The van der Waals surface area contributed by atoms with Crippen molar-refractivity contribution in [2.24, 2.45) is 0 Å². The number of nitrogens with zero attached hydrogens (tertiary/aromatic N) is 4. The highest BCUT2D eigenvalue weighted by molar-refractivity contribution is 6.01. The quantitative estimate of drug-likeness (QED) is 0.181. The summed E-state index contributed by atoms with van der Waals surface area (Å²) < 4.78 is 110. The summed E-state index contributed by atoms with van der Waals surface area (Å²) in [4.78, 5) is 53.0. The van der Waals surface area contributed by atoms with Gasteiger partial charge in [-0.1, -0.05) is 24.3 Å². The summed E-state index contributed by atoms with van der Waals surface area (Å²) in [6, 6.07) is 23.2. The van der Waals surface area contributed by atoms with Gasteiger partial charge in [0.05, 0.1) is 12.0 Å². The predicted octanol–water partition coefficient (Wildman–Crippen LogP) is 7.91. The minimum atomic E-state index is -5.06. The fourth-order valence-electron chi connectivity index (χ4n) is 8.81. The average molecular weight is 871 g/mol. The predicted molar refractivity (Wildman–Crippen MR) is 210 cm³/mol. The maximum Gasteiger partial charge on any atom is 0.471 e. The van der Waals surface area contributed by atoms with Gasteiger partial charge in [0.1, 0.15) is 28.8 Å². The average Bonchev–Trinajstić information content (AvgIpc) is 3.98. The van der Waals surface area contributed by atoms with Crippen LogP contribution in [0.5, 0.6) is 23.0 Å². The molecule has 4 aliphatic heterocycles. The normalized spacial score (nSPS) is 21.4. The molecule has 2 saturated heterocycles. The Bertz CT molecular complexity index is 2380. The van der Waals surface area contributed by atoms with Crippen molar-refractivity contribution in [3.05, 3.63) is 108 Å². The van der Waals surface area contributed by atoms with E-state index in [1.54, 1.807) is 59.5 Å². The van der Waals surface area contributed by atoms with E-state index in [1.807, 2.05) is 6.92 Å². The van der Waals surface area contributed by atoms with Gasteiger partial charge in [-0.25, -0.2) is 4.39 Å². The van der Waals surface area contributed by atoms with Crippen LogP contribution in [0, 0.1) is 5.82 Å². The van der Waals surface area contributed by atoms with Crippen LogP contribution in [-0.2, 0) is 30.0 Å². The number of halogens is 7. The van der Waals surface area contributed by atoms with Crippen LogP contribution in [0.25, 0.3) is 0 Å². The number of rotatable bonds is 6. The molecule has 0 saturated carbocycles. The van der Waals surface area contributed by atoms with E-state index < -0.39 is 47.0 Å². The molecule has 0 N–H and O–H groups in total. The minimum Gasteiger partial charge on any atom is -0.494 e. The Morgan fingerprint density at radius 2 is 1.29 bits per heavy atom. The molecule has 4 aromatic rings. The fourth-order valence-corrected chi connectivity index (χ4v) is 8.81. The highest BCUT2D eigenvalue weighted by Gasteiger charge is 2.60. The molecular weight excluding hydrogens is 829 g/mol. The van der Waals surface area contributed by atoms with E-state index >= 15 is 0 Å². The van der Waals surface area contributed by atoms with Crippen LogP contribution in [0.2, 0.25) is 0 Å². The monoisotopic (exact) mass is 870 g/mol. The molecule has 4 aliphatic rings. The Morgan fingerprint density at radius 1 is 0.661 bits per heavy atom. The molecule has 18 heteroatoms. The number of anilines is 2.